The number of fused-ring (bicyclic) bond motifs is 3. The Balaban J connectivity index is 1.75. The Morgan fingerprint density at radius 1 is 1.10 bits per heavy atom. The highest BCUT2D eigenvalue weighted by Crippen LogP contribution is 2.69. The van der Waals surface area contributed by atoms with Crippen molar-refractivity contribution in [1.82, 2.24) is 0 Å². The molecule has 3 aliphatic carbocycles. The summed E-state index contributed by atoms with van der Waals surface area (Å²) in [6.45, 7) is 2.47. The van der Waals surface area contributed by atoms with Gasteiger partial charge in [0.15, 0.2) is 0 Å². The van der Waals surface area contributed by atoms with Gasteiger partial charge in [-0.05, 0) is 85.0 Å². The molecule has 2 fully saturated rings. The molecule has 0 amide bonds. The third kappa shape index (κ3) is 1.92. The molecular weight excluding hydrogens is 296 g/mol. The summed E-state index contributed by atoms with van der Waals surface area (Å²) >= 11 is 9.73. The maximum atomic E-state index is 9.77. The lowest BCUT2D eigenvalue weighted by Crippen LogP contribution is -2.55. The third-order valence-corrected chi connectivity index (χ3v) is 8.28. The summed E-state index contributed by atoms with van der Waals surface area (Å²) in [5.74, 6) is 1.01. The zero-order valence-corrected chi connectivity index (χ0v) is 14.4. The molecular formula is C18H24OS2. The summed E-state index contributed by atoms with van der Waals surface area (Å²) in [7, 11) is 0. The molecule has 2 saturated carbocycles. The second-order valence-corrected chi connectivity index (χ2v) is 9.77. The number of hydrogen-bond acceptors (Lipinski definition) is 3. The van der Waals surface area contributed by atoms with Gasteiger partial charge in [0.05, 0.1) is 4.08 Å². The van der Waals surface area contributed by atoms with Crippen LogP contribution in [0.5, 0.6) is 5.75 Å². The number of phenols is 1. The van der Waals surface area contributed by atoms with E-state index >= 15 is 0 Å². The zero-order chi connectivity index (χ0) is 14.9. The normalized spacial score (nSPS) is 40.2. The smallest absolute Gasteiger partial charge is 0.115 e. The second kappa shape index (κ2) is 4.38. The van der Waals surface area contributed by atoms with Crippen molar-refractivity contribution in [2.75, 3.05) is 0 Å². The van der Waals surface area contributed by atoms with E-state index in [2.05, 4.69) is 13.0 Å². The van der Waals surface area contributed by atoms with Gasteiger partial charge in [0.25, 0.3) is 0 Å². The average molecular weight is 321 g/mol. The van der Waals surface area contributed by atoms with E-state index in [1.807, 2.05) is 12.1 Å². The quantitative estimate of drug-likeness (QED) is 0.456. The number of benzene rings is 1. The van der Waals surface area contributed by atoms with Gasteiger partial charge in [-0.1, -0.05) is 13.0 Å². The molecule has 0 radical (unpaired) electrons. The van der Waals surface area contributed by atoms with E-state index < -0.39 is 0 Å². The summed E-state index contributed by atoms with van der Waals surface area (Å²) in [5.41, 5.74) is 3.57. The molecule has 21 heavy (non-hydrogen) atoms. The molecule has 1 spiro atoms. The largest absolute Gasteiger partial charge is 0.508 e. The number of aryl methyl sites for hydroxylation is 1. The first-order valence-electron chi connectivity index (χ1n) is 8.12. The Hall–Kier alpha value is -0.280. The minimum absolute atomic E-state index is 0.0805. The van der Waals surface area contributed by atoms with E-state index in [4.69, 9.17) is 25.3 Å². The van der Waals surface area contributed by atoms with Crippen LogP contribution in [0.2, 0.25) is 0 Å². The van der Waals surface area contributed by atoms with E-state index in [9.17, 15) is 5.11 Å². The highest BCUT2D eigenvalue weighted by Gasteiger charge is 2.60. The third-order valence-electron chi connectivity index (χ3n) is 6.88. The van der Waals surface area contributed by atoms with Crippen LogP contribution in [-0.2, 0) is 6.42 Å². The van der Waals surface area contributed by atoms with Crippen molar-refractivity contribution in [3.8, 4) is 5.75 Å². The van der Waals surface area contributed by atoms with Crippen LogP contribution in [0, 0.1) is 10.8 Å². The Kier molecular flexibility index (Phi) is 2.99. The van der Waals surface area contributed by atoms with Gasteiger partial charge in [-0.15, -0.1) is 0 Å². The summed E-state index contributed by atoms with van der Waals surface area (Å²) in [5, 5.41) is 9.77. The first-order chi connectivity index (χ1) is 9.85. The summed E-state index contributed by atoms with van der Waals surface area (Å²) in [6, 6.07) is 6.01. The minimum atomic E-state index is -0.0805. The fourth-order valence-electron chi connectivity index (χ4n) is 5.08. The molecule has 0 bridgehead atoms. The number of rotatable bonds is 0. The highest BCUT2D eigenvalue weighted by atomic mass is 32.2. The standard InChI is InChI=1S/C18H24OS2/c1-16-5-4-12-10-13(19)2-3-14(12)15(16)11-17(7-6-16)8-9-18(17,20)21/h2-3,10,15,19-21H,4-9,11H2,1H3. The van der Waals surface area contributed by atoms with Crippen molar-refractivity contribution in [3.05, 3.63) is 29.3 Å². The lowest BCUT2D eigenvalue weighted by atomic mass is 9.48. The van der Waals surface area contributed by atoms with Gasteiger partial charge < -0.3 is 5.11 Å². The van der Waals surface area contributed by atoms with Crippen LogP contribution in [0.25, 0.3) is 0 Å². The molecule has 1 aromatic carbocycles. The molecule has 1 N–H and O–H groups in total. The predicted octanol–water partition coefficient (Wildman–Crippen LogP) is 4.95. The van der Waals surface area contributed by atoms with Crippen molar-refractivity contribution < 1.29 is 5.11 Å². The SMILES string of the molecule is CC12CCc3cc(O)ccc3C1CC1(CC2)CCC1(S)S. The van der Waals surface area contributed by atoms with Gasteiger partial charge >= 0.3 is 0 Å². The number of thiol groups is 2. The molecule has 4 rings (SSSR count). The van der Waals surface area contributed by atoms with Crippen molar-refractivity contribution in [2.45, 2.75) is 61.9 Å². The van der Waals surface area contributed by atoms with Crippen molar-refractivity contribution >= 4 is 25.3 Å². The first kappa shape index (κ1) is 14.3. The van der Waals surface area contributed by atoms with Gasteiger partial charge in [-0.25, -0.2) is 0 Å². The Morgan fingerprint density at radius 3 is 2.52 bits per heavy atom. The predicted molar refractivity (Wildman–Crippen MR) is 93.5 cm³/mol. The summed E-state index contributed by atoms with van der Waals surface area (Å²) < 4.78 is -0.0805. The molecule has 114 valence electrons. The van der Waals surface area contributed by atoms with Crippen LogP contribution in [0.3, 0.4) is 0 Å². The van der Waals surface area contributed by atoms with Gasteiger partial charge in [-0.3, -0.25) is 0 Å². The number of aromatic hydroxyl groups is 1. The fourth-order valence-corrected chi connectivity index (χ4v) is 5.94. The summed E-state index contributed by atoms with van der Waals surface area (Å²) in [4.78, 5) is 0. The van der Waals surface area contributed by atoms with Crippen LogP contribution in [0.15, 0.2) is 18.2 Å². The van der Waals surface area contributed by atoms with E-state index in [1.54, 1.807) is 0 Å². The molecule has 0 aromatic heterocycles. The van der Waals surface area contributed by atoms with Gasteiger partial charge in [0.1, 0.15) is 5.75 Å². The maximum absolute atomic E-state index is 9.77. The Bertz CT molecular complexity index is 597. The second-order valence-electron chi connectivity index (χ2n) is 7.89. The zero-order valence-electron chi connectivity index (χ0n) is 12.6. The van der Waals surface area contributed by atoms with Gasteiger partial charge in [0.2, 0.25) is 0 Å². The van der Waals surface area contributed by atoms with Crippen LogP contribution >= 0.6 is 25.3 Å². The Morgan fingerprint density at radius 2 is 1.86 bits per heavy atom. The molecule has 3 heteroatoms. The Labute approximate surface area is 138 Å². The first-order valence-corrected chi connectivity index (χ1v) is 9.01. The van der Waals surface area contributed by atoms with Crippen LogP contribution in [0.1, 0.15) is 62.5 Å². The van der Waals surface area contributed by atoms with Crippen molar-refractivity contribution in [3.63, 3.8) is 0 Å². The number of phenolic OH excluding ortho intramolecular Hbond substituents is 1. The van der Waals surface area contributed by atoms with E-state index in [0.29, 0.717) is 22.5 Å². The van der Waals surface area contributed by atoms with E-state index in [0.717, 1.165) is 12.8 Å². The summed E-state index contributed by atoms with van der Waals surface area (Å²) in [6.07, 6.45) is 8.55. The molecule has 0 heterocycles. The lowest BCUT2D eigenvalue weighted by Gasteiger charge is -2.62. The molecule has 3 aliphatic rings. The topological polar surface area (TPSA) is 20.2 Å². The van der Waals surface area contributed by atoms with Crippen molar-refractivity contribution in [2.24, 2.45) is 10.8 Å². The van der Waals surface area contributed by atoms with Crippen LogP contribution in [0.4, 0.5) is 0 Å². The number of hydrogen-bond donors (Lipinski definition) is 3. The highest BCUT2D eigenvalue weighted by molar-refractivity contribution is 8.00. The van der Waals surface area contributed by atoms with Crippen molar-refractivity contribution in [1.29, 1.82) is 0 Å². The van der Waals surface area contributed by atoms with Crippen LogP contribution < -0.4 is 0 Å². The minimum Gasteiger partial charge on any atom is -0.508 e. The lowest BCUT2D eigenvalue weighted by molar-refractivity contribution is -0.00809. The molecule has 1 aromatic rings. The fraction of sp³-hybridized carbons (Fsp3) is 0.667. The molecule has 0 aliphatic heterocycles. The molecule has 3 atom stereocenters. The van der Waals surface area contributed by atoms with Gasteiger partial charge in [-0.2, -0.15) is 25.3 Å². The van der Waals surface area contributed by atoms with Gasteiger partial charge in [0, 0.05) is 0 Å². The molecule has 3 unspecified atom stereocenters. The molecule has 1 nitrogen and oxygen atoms in total. The maximum Gasteiger partial charge on any atom is 0.115 e. The monoisotopic (exact) mass is 320 g/mol. The molecule has 0 saturated heterocycles. The van der Waals surface area contributed by atoms with Crippen LogP contribution in [-0.4, -0.2) is 9.19 Å². The van der Waals surface area contributed by atoms with E-state index in [1.165, 1.54) is 43.2 Å². The average Bonchev–Trinajstić information content (AvgIpc) is 2.45. The van der Waals surface area contributed by atoms with E-state index in [-0.39, 0.29) is 4.08 Å².